The molecule has 0 aliphatic carbocycles. The fraction of sp³-hybridized carbons (Fsp3) is 0.310. The molecule has 0 aliphatic heterocycles. The van der Waals surface area contributed by atoms with Gasteiger partial charge in [0.1, 0.15) is 11.3 Å². The summed E-state index contributed by atoms with van der Waals surface area (Å²) in [4.78, 5) is 16.9. The van der Waals surface area contributed by atoms with Crippen LogP contribution in [0, 0.1) is 0 Å². The lowest BCUT2D eigenvalue weighted by atomic mass is 9.87. The van der Waals surface area contributed by atoms with Crippen LogP contribution in [0.2, 0.25) is 0 Å². The molecule has 34 heavy (non-hydrogen) atoms. The zero-order valence-electron chi connectivity index (χ0n) is 20.5. The van der Waals surface area contributed by atoms with E-state index in [1.807, 2.05) is 54.6 Å². The third-order valence-corrected chi connectivity index (χ3v) is 5.81. The van der Waals surface area contributed by atoms with Gasteiger partial charge in [0, 0.05) is 12.1 Å². The number of fused-ring (bicyclic) bond motifs is 1. The molecule has 4 aromatic rings. The summed E-state index contributed by atoms with van der Waals surface area (Å²) in [5.41, 5.74) is 6.03. The van der Waals surface area contributed by atoms with Gasteiger partial charge in [-0.25, -0.2) is 4.98 Å². The highest BCUT2D eigenvalue weighted by Crippen LogP contribution is 2.25. The quantitative estimate of drug-likeness (QED) is 0.330. The summed E-state index contributed by atoms with van der Waals surface area (Å²) in [6, 6.07) is 21.7. The molecule has 1 heterocycles. The van der Waals surface area contributed by atoms with E-state index in [9.17, 15) is 4.79 Å². The molecule has 1 amide bonds. The number of hydrogen-bond acceptors (Lipinski definition) is 4. The van der Waals surface area contributed by atoms with E-state index in [0.717, 1.165) is 22.4 Å². The summed E-state index contributed by atoms with van der Waals surface area (Å²) in [5, 5.41) is 2.87. The van der Waals surface area contributed by atoms with Crippen molar-refractivity contribution >= 4 is 22.7 Å². The van der Waals surface area contributed by atoms with E-state index in [-0.39, 0.29) is 17.9 Å². The topological polar surface area (TPSA) is 64.4 Å². The lowest BCUT2D eigenvalue weighted by molar-refractivity contribution is -0.118. The summed E-state index contributed by atoms with van der Waals surface area (Å²) in [6.45, 7) is 10.8. The Kier molecular flexibility index (Phi) is 6.73. The summed E-state index contributed by atoms with van der Waals surface area (Å²) >= 11 is 0. The van der Waals surface area contributed by atoms with E-state index >= 15 is 0 Å². The largest absolute Gasteiger partial charge is 0.484 e. The van der Waals surface area contributed by atoms with Gasteiger partial charge >= 0.3 is 0 Å². The van der Waals surface area contributed by atoms with Gasteiger partial charge in [-0.05, 0) is 64.4 Å². The van der Waals surface area contributed by atoms with E-state index in [0.29, 0.717) is 24.0 Å². The van der Waals surface area contributed by atoms with E-state index < -0.39 is 0 Å². The van der Waals surface area contributed by atoms with E-state index in [1.165, 1.54) is 11.1 Å². The highest BCUT2D eigenvalue weighted by molar-refractivity contribution is 5.91. The second-order valence-corrected chi connectivity index (χ2v) is 9.97. The van der Waals surface area contributed by atoms with Gasteiger partial charge in [-0.2, -0.15) is 0 Å². The van der Waals surface area contributed by atoms with Crippen LogP contribution < -0.4 is 10.1 Å². The van der Waals surface area contributed by atoms with Crippen molar-refractivity contribution in [2.75, 3.05) is 11.9 Å². The average molecular weight is 457 g/mol. The Morgan fingerprint density at radius 1 is 1.00 bits per heavy atom. The Morgan fingerprint density at radius 3 is 2.35 bits per heavy atom. The van der Waals surface area contributed by atoms with Gasteiger partial charge in [0.25, 0.3) is 5.91 Å². The fourth-order valence-electron chi connectivity index (χ4n) is 3.70. The maximum atomic E-state index is 12.3. The number of carbonyl (C=O) groups excluding carboxylic acids is 1. The number of benzene rings is 3. The molecule has 1 aromatic heterocycles. The Morgan fingerprint density at radius 2 is 1.71 bits per heavy atom. The van der Waals surface area contributed by atoms with Crippen molar-refractivity contribution < 1.29 is 13.9 Å². The smallest absolute Gasteiger partial charge is 0.262 e. The van der Waals surface area contributed by atoms with Crippen LogP contribution in [0.5, 0.6) is 5.75 Å². The monoisotopic (exact) mass is 456 g/mol. The lowest BCUT2D eigenvalue weighted by Gasteiger charge is -2.19. The Bertz CT molecular complexity index is 1260. The molecule has 1 N–H and O–H groups in total. The van der Waals surface area contributed by atoms with Gasteiger partial charge in [-0.3, -0.25) is 4.79 Å². The number of ether oxygens (including phenoxy) is 1. The first-order chi connectivity index (χ1) is 16.2. The van der Waals surface area contributed by atoms with Crippen LogP contribution in [0.25, 0.3) is 11.1 Å². The number of carbonyl (C=O) groups is 1. The van der Waals surface area contributed by atoms with Crippen molar-refractivity contribution in [2.45, 2.75) is 52.4 Å². The first-order valence-electron chi connectivity index (χ1n) is 11.7. The third kappa shape index (κ3) is 5.84. The van der Waals surface area contributed by atoms with E-state index in [2.05, 4.69) is 57.1 Å². The van der Waals surface area contributed by atoms with E-state index in [1.54, 1.807) is 0 Å². The average Bonchev–Trinajstić information content (AvgIpc) is 3.20. The zero-order valence-corrected chi connectivity index (χ0v) is 20.5. The Labute approximate surface area is 201 Å². The van der Waals surface area contributed by atoms with Crippen molar-refractivity contribution in [2.24, 2.45) is 0 Å². The molecule has 0 atom stereocenters. The Hall–Kier alpha value is -3.60. The van der Waals surface area contributed by atoms with Gasteiger partial charge in [-0.15, -0.1) is 0 Å². The van der Waals surface area contributed by atoms with Gasteiger partial charge < -0.3 is 14.5 Å². The zero-order chi connectivity index (χ0) is 24.3. The van der Waals surface area contributed by atoms with Crippen molar-refractivity contribution in [1.82, 2.24) is 4.98 Å². The van der Waals surface area contributed by atoms with Crippen molar-refractivity contribution in [3.05, 3.63) is 89.3 Å². The molecule has 5 heteroatoms. The number of nitrogens with one attached hydrogen (secondary N) is 1. The SMILES string of the molecule is CC(C)c1ccc2oc(Cc3ccc(NC(=O)COc4ccc(C(C)(C)C)cc4)cc3)nc2c1. The number of nitrogens with zero attached hydrogens (tertiary/aromatic N) is 1. The molecule has 0 bridgehead atoms. The fourth-order valence-corrected chi connectivity index (χ4v) is 3.70. The number of aromatic nitrogens is 1. The van der Waals surface area contributed by atoms with Crippen LogP contribution in [0.1, 0.15) is 63.1 Å². The third-order valence-electron chi connectivity index (χ3n) is 5.81. The highest BCUT2D eigenvalue weighted by atomic mass is 16.5. The molecular weight excluding hydrogens is 424 g/mol. The summed E-state index contributed by atoms with van der Waals surface area (Å²) in [6.07, 6.45) is 0.591. The molecule has 5 nitrogen and oxygen atoms in total. The van der Waals surface area contributed by atoms with E-state index in [4.69, 9.17) is 9.15 Å². The molecule has 0 fully saturated rings. The number of rotatable bonds is 7. The normalized spacial score (nSPS) is 11.7. The molecule has 0 saturated heterocycles. The minimum Gasteiger partial charge on any atom is -0.484 e. The first-order valence-corrected chi connectivity index (χ1v) is 11.7. The van der Waals surface area contributed by atoms with Crippen LogP contribution in [-0.4, -0.2) is 17.5 Å². The molecule has 0 saturated carbocycles. The van der Waals surface area contributed by atoms with Gasteiger partial charge in [0.05, 0.1) is 0 Å². The number of hydrogen-bond donors (Lipinski definition) is 1. The van der Waals surface area contributed by atoms with Gasteiger partial charge in [0.15, 0.2) is 18.1 Å². The molecule has 0 unspecified atom stereocenters. The molecule has 176 valence electrons. The van der Waals surface area contributed by atoms with Crippen molar-refractivity contribution in [3.63, 3.8) is 0 Å². The lowest BCUT2D eigenvalue weighted by Crippen LogP contribution is -2.20. The van der Waals surface area contributed by atoms with Gasteiger partial charge in [-0.1, -0.05) is 65.0 Å². The summed E-state index contributed by atoms with van der Waals surface area (Å²) in [5.74, 6) is 1.61. The van der Waals surface area contributed by atoms with Crippen LogP contribution in [-0.2, 0) is 16.6 Å². The highest BCUT2D eigenvalue weighted by Gasteiger charge is 2.13. The molecule has 0 aliphatic rings. The number of amides is 1. The summed E-state index contributed by atoms with van der Waals surface area (Å²) in [7, 11) is 0. The maximum Gasteiger partial charge on any atom is 0.262 e. The van der Waals surface area contributed by atoms with Gasteiger partial charge in [0.2, 0.25) is 0 Å². The van der Waals surface area contributed by atoms with Crippen molar-refractivity contribution in [1.29, 1.82) is 0 Å². The predicted molar refractivity (Wildman–Crippen MR) is 137 cm³/mol. The molecule has 0 spiro atoms. The number of anilines is 1. The van der Waals surface area contributed by atoms with Crippen LogP contribution >= 0.6 is 0 Å². The second kappa shape index (κ2) is 9.72. The summed E-state index contributed by atoms with van der Waals surface area (Å²) < 4.78 is 11.5. The number of oxazole rings is 1. The van der Waals surface area contributed by atoms with Crippen LogP contribution in [0.4, 0.5) is 5.69 Å². The minimum absolute atomic E-state index is 0.0438. The standard InChI is InChI=1S/C29H32N2O3/c1-19(2)21-8-15-26-25(17-21)31-28(34-26)16-20-6-11-23(12-7-20)30-27(32)18-33-24-13-9-22(10-14-24)29(3,4)5/h6-15,17,19H,16,18H2,1-5H3,(H,30,32). The predicted octanol–water partition coefficient (Wildman–Crippen LogP) is 6.86. The Balaban J connectivity index is 1.31. The molecule has 3 aromatic carbocycles. The van der Waals surface area contributed by atoms with Crippen LogP contribution in [0.3, 0.4) is 0 Å². The van der Waals surface area contributed by atoms with Crippen LogP contribution in [0.15, 0.2) is 71.1 Å². The van der Waals surface area contributed by atoms with Crippen molar-refractivity contribution in [3.8, 4) is 5.75 Å². The maximum absolute atomic E-state index is 12.3. The molecular formula is C29H32N2O3. The first kappa shape index (κ1) is 23.6. The minimum atomic E-state index is -0.201. The second-order valence-electron chi connectivity index (χ2n) is 9.97. The molecule has 4 rings (SSSR count). The molecule has 0 radical (unpaired) electrons.